The first-order valence-corrected chi connectivity index (χ1v) is 7.88. The first kappa shape index (κ1) is 16.1. The van der Waals surface area contributed by atoms with E-state index in [-0.39, 0.29) is 30.5 Å². The van der Waals surface area contributed by atoms with E-state index >= 15 is 0 Å². The second-order valence-electron chi connectivity index (χ2n) is 6.10. The molecule has 124 valence electrons. The minimum absolute atomic E-state index is 0.0922. The molecule has 0 aliphatic carbocycles. The molecule has 1 saturated heterocycles. The summed E-state index contributed by atoms with van der Waals surface area (Å²) < 4.78 is 0. The molecule has 0 saturated carbocycles. The minimum Gasteiger partial charge on any atom is -0.508 e. The number of aromatic hydroxyl groups is 1. The highest BCUT2D eigenvalue weighted by atomic mass is 16.4. The Morgan fingerprint density at radius 2 is 1.67 bits per heavy atom. The van der Waals surface area contributed by atoms with E-state index in [1.807, 2.05) is 30.3 Å². The summed E-state index contributed by atoms with van der Waals surface area (Å²) in [6, 6.07) is 16.0. The molecule has 2 aromatic carbocycles. The Morgan fingerprint density at radius 1 is 1.00 bits per heavy atom. The van der Waals surface area contributed by atoms with Crippen LogP contribution in [0.4, 0.5) is 0 Å². The summed E-state index contributed by atoms with van der Waals surface area (Å²) in [5.74, 6) is -1.58. The molecule has 3 rings (SSSR count). The van der Waals surface area contributed by atoms with E-state index in [1.54, 1.807) is 29.2 Å². The molecule has 1 fully saturated rings. The predicted molar refractivity (Wildman–Crippen MR) is 88.7 cm³/mol. The molecule has 0 bridgehead atoms. The molecule has 1 aliphatic heterocycles. The third-order valence-corrected chi connectivity index (χ3v) is 4.51. The van der Waals surface area contributed by atoms with Crippen molar-refractivity contribution in [1.82, 2.24) is 4.90 Å². The van der Waals surface area contributed by atoms with Crippen molar-refractivity contribution >= 4 is 11.9 Å². The van der Waals surface area contributed by atoms with E-state index in [0.717, 1.165) is 11.1 Å². The van der Waals surface area contributed by atoms with Crippen LogP contribution in [-0.2, 0) is 16.0 Å². The van der Waals surface area contributed by atoms with E-state index in [0.29, 0.717) is 6.54 Å². The average Bonchev–Trinajstić information content (AvgIpc) is 3.03. The molecule has 2 atom stereocenters. The highest BCUT2D eigenvalue weighted by Gasteiger charge is 2.40. The predicted octanol–water partition coefficient (Wildman–Crippen LogP) is 2.26. The van der Waals surface area contributed by atoms with Crippen molar-refractivity contribution in [1.29, 1.82) is 0 Å². The largest absolute Gasteiger partial charge is 0.508 e. The number of likely N-dealkylation sites (tertiary alicyclic amines) is 1. The van der Waals surface area contributed by atoms with Gasteiger partial charge in [-0.1, -0.05) is 42.5 Å². The number of amides is 1. The molecule has 2 N–H and O–H groups in total. The second kappa shape index (κ2) is 6.74. The van der Waals surface area contributed by atoms with Gasteiger partial charge in [0.2, 0.25) is 5.91 Å². The Kier molecular flexibility index (Phi) is 4.51. The maximum atomic E-state index is 12.5. The smallest absolute Gasteiger partial charge is 0.308 e. The minimum atomic E-state index is -0.871. The first-order valence-electron chi connectivity index (χ1n) is 7.88. The van der Waals surface area contributed by atoms with Crippen molar-refractivity contribution in [3.63, 3.8) is 0 Å². The van der Waals surface area contributed by atoms with Crippen LogP contribution in [0.15, 0.2) is 54.6 Å². The van der Waals surface area contributed by atoms with Gasteiger partial charge in [0.15, 0.2) is 0 Å². The summed E-state index contributed by atoms with van der Waals surface area (Å²) in [6.07, 6.45) is 0.203. The van der Waals surface area contributed by atoms with Crippen molar-refractivity contribution in [2.45, 2.75) is 12.3 Å². The zero-order valence-corrected chi connectivity index (χ0v) is 13.1. The topological polar surface area (TPSA) is 77.8 Å². The van der Waals surface area contributed by atoms with E-state index in [4.69, 9.17) is 0 Å². The molecule has 1 amide bonds. The van der Waals surface area contributed by atoms with Gasteiger partial charge < -0.3 is 15.1 Å². The van der Waals surface area contributed by atoms with E-state index in [9.17, 15) is 19.8 Å². The lowest BCUT2D eigenvalue weighted by molar-refractivity contribution is -0.141. The summed E-state index contributed by atoms with van der Waals surface area (Å²) in [4.78, 5) is 25.7. The fraction of sp³-hybridized carbons (Fsp3) is 0.263. The Bertz CT molecular complexity index is 727. The Labute approximate surface area is 140 Å². The summed E-state index contributed by atoms with van der Waals surface area (Å²) in [5.41, 5.74) is 1.75. The number of phenolic OH excluding ortho intramolecular Hbond substituents is 1. The normalized spacial score (nSPS) is 20.1. The number of rotatable bonds is 4. The highest BCUT2D eigenvalue weighted by Crippen LogP contribution is 2.33. The van der Waals surface area contributed by atoms with Crippen molar-refractivity contribution in [2.24, 2.45) is 5.92 Å². The number of carboxylic acids is 1. The lowest BCUT2D eigenvalue weighted by Crippen LogP contribution is -2.31. The third kappa shape index (κ3) is 3.40. The fourth-order valence-electron chi connectivity index (χ4n) is 3.20. The average molecular weight is 325 g/mol. The van der Waals surface area contributed by atoms with Crippen LogP contribution in [0.25, 0.3) is 0 Å². The Hall–Kier alpha value is -2.82. The SMILES string of the molecule is O=C(O)C1CN(C(=O)Cc2ccc(O)cc2)CC1c1ccccc1. The highest BCUT2D eigenvalue weighted by molar-refractivity contribution is 5.81. The lowest BCUT2D eigenvalue weighted by Gasteiger charge is -2.16. The van der Waals surface area contributed by atoms with E-state index in [2.05, 4.69) is 0 Å². The summed E-state index contributed by atoms with van der Waals surface area (Å²) >= 11 is 0. The van der Waals surface area contributed by atoms with Crippen molar-refractivity contribution < 1.29 is 19.8 Å². The maximum Gasteiger partial charge on any atom is 0.308 e. The van der Waals surface area contributed by atoms with Gasteiger partial charge in [-0.25, -0.2) is 0 Å². The van der Waals surface area contributed by atoms with Crippen LogP contribution in [0, 0.1) is 5.92 Å². The monoisotopic (exact) mass is 325 g/mol. The molecule has 2 unspecified atom stereocenters. The molecular formula is C19H19NO4. The number of aliphatic carboxylic acids is 1. The lowest BCUT2D eigenvalue weighted by atomic mass is 9.89. The zero-order valence-electron chi connectivity index (χ0n) is 13.1. The van der Waals surface area contributed by atoms with Gasteiger partial charge in [-0.15, -0.1) is 0 Å². The molecule has 24 heavy (non-hydrogen) atoms. The van der Waals surface area contributed by atoms with Crippen LogP contribution in [0.5, 0.6) is 5.75 Å². The molecule has 1 heterocycles. The van der Waals surface area contributed by atoms with Crippen LogP contribution in [0.1, 0.15) is 17.0 Å². The van der Waals surface area contributed by atoms with Gasteiger partial charge >= 0.3 is 5.97 Å². The van der Waals surface area contributed by atoms with E-state index < -0.39 is 11.9 Å². The van der Waals surface area contributed by atoms with Gasteiger partial charge in [-0.2, -0.15) is 0 Å². The van der Waals surface area contributed by atoms with Gasteiger partial charge in [0.25, 0.3) is 0 Å². The van der Waals surface area contributed by atoms with Crippen LogP contribution in [0.2, 0.25) is 0 Å². The zero-order chi connectivity index (χ0) is 17.1. The van der Waals surface area contributed by atoms with Gasteiger partial charge in [0.05, 0.1) is 12.3 Å². The van der Waals surface area contributed by atoms with Crippen LogP contribution in [0.3, 0.4) is 0 Å². The summed E-state index contributed by atoms with van der Waals surface area (Å²) in [5, 5.41) is 18.8. The Balaban J connectivity index is 1.74. The number of nitrogens with zero attached hydrogens (tertiary/aromatic N) is 1. The van der Waals surface area contributed by atoms with E-state index in [1.165, 1.54) is 0 Å². The first-order chi connectivity index (χ1) is 11.5. The molecule has 2 aromatic rings. The third-order valence-electron chi connectivity index (χ3n) is 4.51. The summed E-state index contributed by atoms with van der Waals surface area (Å²) in [6.45, 7) is 0.643. The Morgan fingerprint density at radius 3 is 2.29 bits per heavy atom. The van der Waals surface area contributed by atoms with Crippen molar-refractivity contribution in [3.8, 4) is 5.75 Å². The number of hydrogen-bond acceptors (Lipinski definition) is 3. The quantitative estimate of drug-likeness (QED) is 0.904. The van der Waals surface area contributed by atoms with Crippen molar-refractivity contribution in [3.05, 3.63) is 65.7 Å². The molecule has 1 aliphatic rings. The molecule has 0 radical (unpaired) electrons. The number of phenols is 1. The molecule has 5 nitrogen and oxygen atoms in total. The van der Waals surface area contributed by atoms with Gasteiger partial charge in [0.1, 0.15) is 5.75 Å². The fourth-order valence-corrected chi connectivity index (χ4v) is 3.20. The van der Waals surface area contributed by atoms with Gasteiger partial charge in [-0.3, -0.25) is 9.59 Å². The number of carbonyl (C=O) groups is 2. The number of benzene rings is 2. The molecule has 0 spiro atoms. The van der Waals surface area contributed by atoms with Crippen LogP contribution < -0.4 is 0 Å². The number of carbonyl (C=O) groups excluding carboxylic acids is 1. The van der Waals surface area contributed by atoms with Gasteiger partial charge in [0, 0.05) is 19.0 Å². The summed E-state index contributed by atoms with van der Waals surface area (Å²) in [7, 11) is 0. The van der Waals surface area contributed by atoms with Crippen molar-refractivity contribution in [2.75, 3.05) is 13.1 Å². The standard InChI is InChI=1S/C19H19NO4/c21-15-8-6-13(7-9-15)10-18(22)20-11-16(17(12-20)19(23)24)14-4-2-1-3-5-14/h1-9,16-17,21H,10-12H2,(H,23,24). The molecule has 5 heteroatoms. The number of hydrogen-bond donors (Lipinski definition) is 2. The van der Waals surface area contributed by atoms with Crippen LogP contribution >= 0.6 is 0 Å². The maximum absolute atomic E-state index is 12.5. The van der Waals surface area contributed by atoms with Crippen LogP contribution in [-0.4, -0.2) is 40.1 Å². The molecular weight excluding hydrogens is 306 g/mol. The van der Waals surface area contributed by atoms with Gasteiger partial charge in [-0.05, 0) is 23.3 Å². The number of carboxylic acid groups (broad SMARTS) is 1. The second-order valence-corrected chi connectivity index (χ2v) is 6.10. The molecule has 0 aromatic heterocycles.